The quantitative estimate of drug-likeness (QED) is 0.494. The Labute approximate surface area is 149 Å². The molecule has 0 amide bonds. The van der Waals surface area contributed by atoms with E-state index >= 15 is 0 Å². The predicted octanol–water partition coefficient (Wildman–Crippen LogP) is 4.00. The van der Waals surface area contributed by atoms with Crippen LogP contribution in [-0.4, -0.2) is 29.1 Å². The number of ether oxygens (including phenoxy) is 2. The molecule has 1 aromatic carbocycles. The second kappa shape index (κ2) is 7.73. The molecule has 8 heteroatoms. The molecule has 0 aliphatic heterocycles. The number of azo groups is 1. The molecule has 0 atom stereocenters. The zero-order chi connectivity index (χ0) is 18.5. The number of benzene rings is 1. The van der Waals surface area contributed by atoms with Crippen molar-refractivity contribution >= 4 is 23.1 Å². The third-order valence-electron chi connectivity index (χ3n) is 3.56. The van der Waals surface area contributed by atoms with Gasteiger partial charge in [-0.1, -0.05) is 6.07 Å². The number of hydrogen-bond donors (Lipinski definition) is 0. The van der Waals surface area contributed by atoms with Gasteiger partial charge in [0.25, 0.3) is 0 Å². The number of rotatable bonds is 6. The molecule has 3 rings (SSSR count). The highest BCUT2D eigenvalue weighted by Crippen LogP contribution is 2.26. The van der Waals surface area contributed by atoms with E-state index in [4.69, 9.17) is 9.47 Å². The highest BCUT2D eigenvalue weighted by atomic mass is 19.1. The minimum absolute atomic E-state index is 0.0798. The molecule has 0 saturated carbocycles. The summed E-state index contributed by atoms with van der Waals surface area (Å²) in [6.07, 6.45) is 1.17. The minimum atomic E-state index is -0.449. The van der Waals surface area contributed by atoms with E-state index in [2.05, 4.69) is 15.2 Å². The third kappa shape index (κ3) is 3.85. The number of methoxy groups -OCH3 is 1. The molecule has 0 aliphatic rings. The van der Waals surface area contributed by atoms with E-state index < -0.39 is 11.8 Å². The molecule has 0 unspecified atom stereocenters. The van der Waals surface area contributed by atoms with Crippen molar-refractivity contribution in [3.8, 4) is 5.75 Å². The van der Waals surface area contributed by atoms with Crippen LogP contribution in [0, 0.1) is 5.82 Å². The smallest absolute Gasteiger partial charge is 0.312 e. The van der Waals surface area contributed by atoms with Crippen LogP contribution in [0.25, 0.3) is 5.65 Å². The molecule has 0 spiro atoms. The lowest BCUT2D eigenvalue weighted by Crippen LogP contribution is -2.07. The van der Waals surface area contributed by atoms with Gasteiger partial charge in [0.05, 0.1) is 31.5 Å². The van der Waals surface area contributed by atoms with Crippen LogP contribution in [0.2, 0.25) is 0 Å². The predicted molar refractivity (Wildman–Crippen MR) is 92.7 cm³/mol. The van der Waals surface area contributed by atoms with Gasteiger partial charge in [-0.15, -0.1) is 10.2 Å². The zero-order valence-corrected chi connectivity index (χ0v) is 14.3. The van der Waals surface area contributed by atoms with Crippen LogP contribution in [-0.2, 0) is 16.0 Å². The third-order valence-corrected chi connectivity index (χ3v) is 3.56. The molecular weight excluding hydrogens is 339 g/mol. The van der Waals surface area contributed by atoms with Crippen molar-refractivity contribution < 1.29 is 18.7 Å². The van der Waals surface area contributed by atoms with Crippen molar-refractivity contribution in [1.82, 2.24) is 9.38 Å². The molecule has 7 nitrogen and oxygen atoms in total. The molecule has 0 fully saturated rings. The van der Waals surface area contributed by atoms with Gasteiger partial charge in [-0.25, -0.2) is 9.37 Å². The van der Waals surface area contributed by atoms with Crippen LogP contribution in [0.1, 0.15) is 12.6 Å². The fraction of sp³-hybridized carbons (Fsp3) is 0.222. The Morgan fingerprint density at radius 1 is 1.27 bits per heavy atom. The number of esters is 1. The van der Waals surface area contributed by atoms with Gasteiger partial charge in [0.15, 0.2) is 5.82 Å². The SMILES string of the molecule is CCOC(=O)Cc1nc2ccc(F)cn2c1N=Nc1cccc(OC)c1. The first-order valence-corrected chi connectivity index (χ1v) is 7.98. The normalized spacial score (nSPS) is 11.2. The zero-order valence-electron chi connectivity index (χ0n) is 14.3. The first-order valence-electron chi connectivity index (χ1n) is 7.98. The van der Waals surface area contributed by atoms with Crippen LogP contribution >= 0.6 is 0 Å². The molecule has 0 radical (unpaired) electrons. The van der Waals surface area contributed by atoms with Crippen LogP contribution < -0.4 is 4.74 Å². The van der Waals surface area contributed by atoms with E-state index in [1.165, 1.54) is 22.7 Å². The highest BCUT2D eigenvalue weighted by Gasteiger charge is 2.16. The summed E-state index contributed by atoms with van der Waals surface area (Å²) in [5, 5.41) is 8.35. The van der Waals surface area contributed by atoms with Crippen LogP contribution in [0.15, 0.2) is 52.8 Å². The van der Waals surface area contributed by atoms with E-state index in [-0.39, 0.29) is 18.8 Å². The van der Waals surface area contributed by atoms with Gasteiger partial charge in [-0.05, 0) is 31.2 Å². The summed E-state index contributed by atoms with van der Waals surface area (Å²) >= 11 is 0. The van der Waals surface area contributed by atoms with Crippen molar-refractivity contribution in [3.63, 3.8) is 0 Å². The maximum absolute atomic E-state index is 13.6. The van der Waals surface area contributed by atoms with Crippen molar-refractivity contribution in [1.29, 1.82) is 0 Å². The monoisotopic (exact) mass is 356 g/mol. The molecule has 0 bridgehead atoms. The topological polar surface area (TPSA) is 77.5 Å². The highest BCUT2D eigenvalue weighted by molar-refractivity contribution is 5.74. The number of carbonyl (C=O) groups is 1. The van der Waals surface area contributed by atoms with Crippen molar-refractivity contribution in [2.24, 2.45) is 10.2 Å². The minimum Gasteiger partial charge on any atom is -0.497 e. The molecule has 3 aromatic rings. The molecule has 0 saturated heterocycles. The summed E-state index contributed by atoms with van der Waals surface area (Å²) in [5.41, 5.74) is 1.38. The Kier molecular flexibility index (Phi) is 5.21. The average Bonchev–Trinajstić information content (AvgIpc) is 2.96. The molecular formula is C18H17FN4O3. The summed E-state index contributed by atoms with van der Waals surface area (Å²) in [7, 11) is 1.56. The molecule has 2 aromatic heterocycles. The van der Waals surface area contributed by atoms with Gasteiger partial charge in [-0.3, -0.25) is 9.20 Å². The first kappa shape index (κ1) is 17.5. The van der Waals surface area contributed by atoms with Crippen LogP contribution in [0.3, 0.4) is 0 Å². The summed E-state index contributed by atoms with van der Waals surface area (Å²) in [4.78, 5) is 16.2. The lowest BCUT2D eigenvalue weighted by molar-refractivity contribution is -0.142. The largest absolute Gasteiger partial charge is 0.497 e. The molecule has 0 N–H and O–H groups in total. The Balaban J connectivity index is 2.02. The van der Waals surface area contributed by atoms with Crippen molar-refractivity contribution in [3.05, 3.63) is 54.1 Å². The van der Waals surface area contributed by atoms with E-state index in [1.807, 2.05) is 0 Å². The van der Waals surface area contributed by atoms with Crippen LogP contribution in [0.4, 0.5) is 15.9 Å². The Hall–Kier alpha value is -3.29. The maximum Gasteiger partial charge on any atom is 0.312 e. The summed E-state index contributed by atoms with van der Waals surface area (Å²) < 4.78 is 25.2. The average molecular weight is 356 g/mol. The standard InChI is InChI=1S/C18H17FN4O3/c1-3-26-17(24)10-15-18(23-11-12(19)7-8-16(23)20-15)22-21-13-5-4-6-14(9-13)25-2/h4-9,11H,3,10H2,1-2H3. The number of fused-ring (bicyclic) bond motifs is 1. The Bertz CT molecular complexity index is 968. The van der Waals surface area contributed by atoms with Gasteiger partial charge < -0.3 is 9.47 Å². The van der Waals surface area contributed by atoms with Gasteiger partial charge in [0.1, 0.15) is 17.2 Å². The fourth-order valence-electron chi connectivity index (χ4n) is 2.41. The van der Waals surface area contributed by atoms with Gasteiger partial charge in [0, 0.05) is 12.3 Å². The number of carbonyl (C=O) groups excluding carboxylic acids is 1. The number of nitrogens with zero attached hydrogens (tertiary/aromatic N) is 4. The second-order valence-electron chi connectivity index (χ2n) is 5.34. The summed E-state index contributed by atoms with van der Waals surface area (Å²) in [5.74, 6) is 0.0254. The van der Waals surface area contributed by atoms with Gasteiger partial charge in [-0.2, -0.15) is 0 Å². The number of imidazole rings is 1. The number of hydrogen-bond acceptors (Lipinski definition) is 6. The lowest BCUT2D eigenvalue weighted by atomic mass is 10.3. The molecule has 2 heterocycles. The summed E-state index contributed by atoms with van der Waals surface area (Å²) in [6, 6.07) is 9.82. The lowest BCUT2D eigenvalue weighted by Gasteiger charge is -2.01. The van der Waals surface area contributed by atoms with E-state index in [9.17, 15) is 9.18 Å². The fourth-order valence-corrected chi connectivity index (χ4v) is 2.41. The maximum atomic E-state index is 13.6. The summed E-state index contributed by atoms with van der Waals surface area (Å²) in [6.45, 7) is 1.99. The number of halogens is 1. The molecule has 134 valence electrons. The Morgan fingerprint density at radius 2 is 2.12 bits per heavy atom. The second-order valence-corrected chi connectivity index (χ2v) is 5.34. The Morgan fingerprint density at radius 3 is 2.88 bits per heavy atom. The van der Waals surface area contributed by atoms with Gasteiger partial charge in [0.2, 0.25) is 0 Å². The van der Waals surface area contributed by atoms with Crippen molar-refractivity contribution in [2.45, 2.75) is 13.3 Å². The first-order chi connectivity index (χ1) is 12.6. The van der Waals surface area contributed by atoms with Gasteiger partial charge >= 0.3 is 5.97 Å². The van der Waals surface area contributed by atoms with Crippen molar-refractivity contribution in [2.75, 3.05) is 13.7 Å². The van der Waals surface area contributed by atoms with E-state index in [0.717, 1.165) is 0 Å². The van der Waals surface area contributed by atoms with Crippen LogP contribution in [0.5, 0.6) is 5.75 Å². The van der Waals surface area contributed by atoms with E-state index in [1.54, 1.807) is 38.3 Å². The van der Waals surface area contributed by atoms with E-state index in [0.29, 0.717) is 22.8 Å². The molecule has 26 heavy (non-hydrogen) atoms. The number of pyridine rings is 1. The number of aromatic nitrogens is 2. The molecule has 0 aliphatic carbocycles.